The predicted molar refractivity (Wildman–Crippen MR) is 102 cm³/mol. The van der Waals surface area contributed by atoms with Gasteiger partial charge in [0.15, 0.2) is 5.69 Å². The van der Waals surface area contributed by atoms with Crippen LogP contribution in [0.25, 0.3) is 0 Å². The number of hydrogen-bond donors (Lipinski definition) is 1. The zero-order valence-electron chi connectivity index (χ0n) is 16.2. The second kappa shape index (κ2) is 7.62. The Morgan fingerprint density at radius 1 is 1.23 bits per heavy atom. The minimum atomic E-state index is -0.182. The number of aromatic nitrogens is 1. The van der Waals surface area contributed by atoms with Crippen molar-refractivity contribution in [2.24, 2.45) is 0 Å². The molecule has 0 bridgehead atoms. The van der Waals surface area contributed by atoms with E-state index in [2.05, 4.69) is 60.2 Å². The summed E-state index contributed by atoms with van der Waals surface area (Å²) in [6, 6.07) is 9.45. The Hall–Kier alpha value is -2.14. The highest BCUT2D eigenvalue weighted by molar-refractivity contribution is 5.91. The van der Waals surface area contributed by atoms with Crippen LogP contribution in [0.3, 0.4) is 0 Å². The Balaban J connectivity index is 1.66. The molecule has 0 saturated heterocycles. The molecule has 1 heterocycles. The van der Waals surface area contributed by atoms with Crippen LogP contribution in [0, 0.1) is 0 Å². The molecule has 140 valence electrons. The average Bonchev–Trinajstić information content (AvgIpc) is 3.33. The maximum atomic E-state index is 11.8. The van der Waals surface area contributed by atoms with Gasteiger partial charge in [-0.25, -0.2) is 4.98 Å². The van der Waals surface area contributed by atoms with Crippen LogP contribution in [0.5, 0.6) is 0 Å². The number of nitrogens with zero attached hydrogens (tertiary/aromatic N) is 2. The van der Waals surface area contributed by atoms with Gasteiger partial charge in [-0.3, -0.25) is 9.69 Å². The molecule has 26 heavy (non-hydrogen) atoms. The molecule has 0 spiro atoms. The Morgan fingerprint density at radius 2 is 1.92 bits per heavy atom. The smallest absolute Gasteiger partial charge is 0.273 e. The summed E-state index contributed by atoms with van der Waals surface area (Å²) < 4.78 is 5.53. The summed E-state index contributed by atoms with van der Waals surface area (Å²) in [4.78, 5) is 18.6. The molecule has 0 radical (unpaired) electrons. The lowest BCUT2D eigenvalue weighted by Gasteiger charge is -2.22. The van der Waals surface area contributed by atoms with Gasteiger partial charge in [0.25, 0.3) is 5.91 Å². The zero-order valence-corrected chi connectivity index (χ0v) is 16.2. The summed E-state index contributed by atoms with van der Waals surface area (Å²) in [6.07, 6.45) is 3.87. The summed E-state index contributed by atoms with van der Waals surface area (Å²) in [5.74, 6) is 0.419. The lowest BCUT2D eigenvalue weighted by Crippen LogP contribution is -2.26. The van der Waals surface area contributed by atoms with Gasteiger partial charge in [-0.2, -0.15) is 0 Å². The van der Waals surface area contributed by atoms with Gasteiger partial charge in [-0.15, -0.1) is 0 Å². The van der Waals surface area contributed by atoms with Crippen molar-refractivity contribution in [2.75, 3.05) is 6.54 Å². The summed E-state index contributed by atoms with van der Waals surface area (Å²) in [5, 5.41) is 2.75. The van der Waals surface area contributed by atoms with Gasteiger partial charge >= 0.3 is 0 Å². The maximum Gasteiger partial charge on any atom is 0.273 e. The van der Waals surface area contributed by atoms with Crippen LogP contribution in [-0.4, -0.2) is 28.4 Å². The lowest BCUT2D eigenvalue weighted by atomic mass is 9.87. The first-order valence-corrected chi connectivity index (χ1v) is 9.43. The minimum absolute atomic E-state index is 0.169. The second-order valence-electron chi connectivity index (χ2n) is 8.07. The molecule has 5 nitrogen and oxygen atoms in total. The van der Waals surface area contributed by atoms with E-state index in [1.165, 1.54) is 30.2 Å². The number of rotatable bonds is 7. The van der Waals surface area contributed by atoms with E-state index in [0.717, 1.165) is 6.54 Å². The van der Waals surface area contributed by atoms with Crippen molar-refractivity contribution in [2.45, 2.75) is 65.1 Å². The molecule has 1 N–H and O–H groups in total. The van der Waals surface area contributed by atoms with Crippen LogP contribution in [0.2, 0.25) is 0 Å². The Labute approximate surface area is 155 Å². The Morgan fingerprint density at radius 3 is 2.50 bits per heavy atom. The average molecular weight is 355 g/mol. The van der Waals surface area contributed by atoms with Gasteiger partial charge in [-0.05, 0) is 36.3 Å². The van der Waals surface area contributed by atoms with Crippen molar-refractivity contribution in [1.82, 2.24) is 15.2 Å². The fourth-order valence-corrected chi connectivity index (χ4v) is 3.01. The molecule has 0 unspecified atom stereocenters. The standard InChI is InChI=1S/C21H29N3O2/c1-5-22-20(25)18-14-26-19(23-18)13-24(17-10-11-17)12-15-6-8-16(9-7-15)21(2,3)4/h6-9,14,17H,5,10-13H2,1-4H3,(H,22,25). The third kappa shape index (κ3) is 4.73. The van der Waals surface area contributed by atoms with E-state index in [1.807, 2.05) is 6.92 Å². The molecule has 0 aliphatic heterocycles. The predicted octanol–water partition coefficient (Wildman–Crippen LogP) is 3.89. The van der Waals surface area contributed by atoms with E-state index in [4.69, 9.17) is 4.42 Å². The normalized spacial score (nSPS) is 14.7. The molecule has 3 rings (SSSR count). The number of oxazole rings is 1. The summed E-state index contributed by atoms with van der Waals surface area (Å²) in [7, 11) is 0. The number of nitrogens with one attached hydrogen (secondary N) is 1. The van der Waals surface area contributed by atoms with Gasteiger partial charge in [0.05, 0.1) is 6.54 Å². The highest BCUT2D eigenvalue weighted by Gasteiger charge is 2.30. The molecule has 5 heteroatoms. The van der Waals surface area contributed by atoms with E-state index < -0.39 is 0 Å². The van der Waals surface area contributed by atoms with Crippen molar-refractivity contribution < 1.29 is 9.21 Å². The van der Waals surface area contributed by atoms with Crippen molar-refractivity contribution >= 4 is 5.91 Å². The zero-order chi connectivity index (χ0) is 18.7. The SMILES string of the molecule is CCNC(=O)c1coc(CN(Cc2ccc(C(C)(C)C)cc2)C2CC2)n1. The van der Waals surface area contributed by atoms with E-state index in [0.29, 0.717) is 30.7 Å². The highest BCUT2D eigenvalue weighted by Crippen LogP contribution is 2.30. The fourth-order valence-electron chi connectivity index (χ4n) is 3.01. The highest BCUT2D eigenvalue weighted by atomic mass is 16.3. The van der Waals surface area contributed by atoms with E-state index >= 15 is 0 Å². The molecule has 1 aromatic carbocycles. The number of hydrogen-bond acceptors (Lipinski definition) is 4. The summed E-state index contributed by atoms with van der Waals surface area (Å²) >= 11 is 0. The number of benzene rings is 1. The second-order valence-corrected chi connectivity index (χ2v) is 8.07. The first-order valence-electron chi connectivity index (χ1n) is 9.43. The molecule has 1 saturated carbocycles. The number of carbonyl (C=O) groups excluding carboxylic acids is 1. The molecule has 2 aromatic rings. The van der Waals surface area contributed by atoms with Crippen molar-refractivity contribution in [3.8, 4) is 0 Å². The van der Waals surface area contributed by atoms with Crippen molar-refractivity contribution in [3.63, 3.8) is 0 Å². The lowest BCUT2D eigenvalue weighted by molar-refractivity contribution is 0.0950. The third-order valence-corrected chi connectivity index (χ3v) is 4.73. The minimum Gasteiger partial charge on any atom is -0.447 e. The molecule has 1 fully saturated rings. The van der Waals surface area contributed by atoms with E-state index in [9.17, 15) is 4.79 Å². The fraction of sp³-hybridized carbons (Fsp3) is 0.524. The monoisotopic (exact) mass is 355 g/mol. The van der Waals surface area contributed by atoms with Gasteiger partial charge in [0, 0.05) is 19.1 Å². The summed E-state index contributed by atoms with van der Waals surface area (Å²) in [5.41, 5.74) is 3.16. The largest absolute Gasteiger partial charge is 0.447 e. The van der Waals surface area contributed by atoms with Crippen LogP contribution in [0.15, 0.2) is 34.9 Å². The molecule has 1 aliphatic carbocycles. The number of amides is 1. The molecule has 0 atom stereocenters. The van der Waals surface area contributed by atoms with Gasteiger partial charge < -0.3 is 9.73 Å². The van der Waals surface area contributed by atoms with Crippen LogP contribution in [0.1, 0.15) is 68.0 Å². The molecule has 1 aromatic heterocycles. The van der Waals surface area contributed by atoms with Gasteiger partial charge in [0.1, 0.15) is 6.26 Å². The quantitative estimate of drug-likeness (QED) is 0.819. The third-order valence-electron chi connectivity index (χ3n) is 4.73. The molecule has 1 amide bonds. The Bertz CT molecular complexity index is 739. The Kier molecular flexibility index (Phi) is 5.47. The van der Waals surface area contributed by atoms with E-state index in [-0.39, 0.29) is 11.3 Å². The maximum absolute atomic E-state index is 11.8. The van der Waals surface area contributed by atoms with Crippen LogP contribution < -0.4 is 5.32 Å². The van der Waals surface area contributed by atoms with Gasteiger partial charge in [0.2, 0.25) is 5.89 Å². The first kappa shape index (κ1) is 18.6. The van der Waals surface area contributed by atoms with Crippen LogP contribution in [-0.2, 0) is 18.5 Å². The van der Waals surface area contributed by atoms with Crippen LogP contribution in [0.4, 0.5) is 0 Å². The molecular weight excluding hydrogens is 326 g/mol. The van der Waals surface area contributed by atoms with E-state index in [1.54, 1.807) is 0 Å². The summed E-state index contributed by atoms with van der Waals surface area (Å²) in [6.45, 7) is 10.7. The van der Waals surface area contributed by atoms with Gasteiger partial charge in [-0.1, -0.05) is 45.0 Å². The molecule has 1 aliphatic rings. The first-order chi connectivity index (χ1) is 12.4. The van der Waals surface area contributed by atoms with Crippen LogP contribution >= 0.6 is 0 Å². The topological polar surface area (TPSA) is 58.4 Å². The molecular formula is C21H29N3O2. The number of carbonyl (C=O) groups is 1. The van der Waals surface area contributed by atoms with Crippen molar-refractivity contribution in [3.05, 3.63) is 53.2 Å². The van der Waals surface area contributed by atoms with Crippen molar-refractivity contribution in [1.29, 1.82) is 0 Å².